The topological polar surface area (TPSA) is 15.3 Å². The van der Waals surface area contributed by atoms with Crippen molar-refractivity contribution >= 4 is 11.8 Å². The molecule has 0 radical (unpaired) electrons. The molecule has 21 heavy (non-hydrogen) atoms. The molecular formula is C15H19F3N2S. The van der Waals surface area contributed by atoms with Gasteiger partial charge in [-0.1, -0.05) is 12.1 Å². The predicted octanol–water partition coefficient (Wildman–Crippen LogP) is 3.48. The summed E-state index contributed by atoms with van der Waals surface area (Å²) in [5.41, 5.74) is -2.69. The van der Waals surface area contributed by atoms with Crippen LogP contribution < -0.4 is 5.32 Å². The molecule has 1 spiro atoms. The van der Waals surface area contributed by atoms with Crippen LogP contribution in [-0.2, 0) is 6.54 Å². The number of nitrogens with one attached hydrogen (secondary N) is 1. The fraction of sp³-hybridized carbons (Fsp3) is 0.600. The Morgan fingerprint density at radius 2 is 1.95 bits per heavy atom. The maximum absolute atomic E-state index is 12.3. The van der Waals surface area contributed by atoms with Crippen molar-refractivity contribution in [3.63, 3.8) is 0 Å². The Morgan fingerprint density at radius 1 is 1.19 bits per heavy atom. The lowest BCUT2D eigenvalue weighted by atomic mass is 9.87. The molecule has 1 aromatic rings. The summed E-state index contributed by atoms with van der Waals surface area (Å²) >= 11 is -0.0544. The van der Waals surface area contributed by atoms with Crippen molar-refractivity contribution in [1.82, 2.24) is 10.2 Å². The number of halogens is 3. The van der Waals surface area contributed by atoms with Gasteiger partial charge in [-0.3, -0.25) is 4.90 Å². The fourth-order valence-corrected chi connectivity index (χ4v) is 3.90. The predicted molar refractivity (Wildman–Crippen MR) is 78.2 cm³/mol. The normalized spacial score (nSPS) is 26.8. The summed E-state index contributed by atoms with van der Waals surface area (Å²) < 4.78 is 36.9. The third-order valence-corrected chi connectivity index (χ3v) is 5.15. The van der Waals surface area contributed by atoms with E-state index in [9.17, 15) is 13.2 Å². The third-order valence-electron chi connectivity index (χ3n) is 4.41. The summed E-state index contributed by atoms with van der Waals surface area (Å²) in [5.74, 6) is 0. The van der Waals surface area contributed by atoms with Crippen LogP contribution in [0.5, 0.6) is 0 Å². The van der Waals surface area contributed by atoms with Crippen molar-refractivity contribution in [3.05, 3.63) is 29.8 Å². The first-order valence-corrected chi connectivity index (χ1v) is 8.04. The van der Waals surface area contributed by atoms with Crippen LogP contribution in [0.2, 0.25) is 0 Å². The van der Waals surface area contributed by atoms with Crippen LogP contribution in [0.1, 0.15) is 18.4 Å². The van der Waals surface area contributed by atoms with Crippen molar-refractivity contribution in [2.24, 2.45) is 5.41 Å². The SMILES string of the molecule is FC(F)(F)Sc1ccc(CN2CCC3(CCNC3)C2)cc1. The maximum Gasteiger partial charge on any atom is 0.446 e. The Balaban J connectivity index is 1.56. The number of hydrogen-bond acceptors (Lipinski definition) is 3. The van der Waals surface area contributed by atoms with E-state index in [2.05, 4.69) is 10.2 Å². The molecule has 2 saturated heterocycles. The number of likely N-dealkylation sites (tertiary alicyclic amines) is 1. The molecule has 2 aliphatic heterocycles. The number of hydrogen-bond donors (Lipinski definition) is 1. The average molecular weight is 316 g/mol. The summed E-state index contributed by atoms with van der Waals surface area (Å²) in [7, 11) is 0. The first kappa shape index (κ1) is 15.2. The van der Waals surface area contributed by atoms with E-state index in [0.29, 0.717) is 5.41 Å². The molecule has 0 aliphatic carbocycles. The van der Waals surface area contributed by atoms with Gasteiger partial charge in [0, 0.05) is 24.5 Å². The van der Waals surface area contributed by atoms with Gasteiger partial charge >= 0.3 is 5.51 Å². The molecule has 1 N–H and O–H groups in total. The third kappa shape index (κ3) is 3.93. The Kier molecular flexibility index (Phi) is 4.21. The second kappa shape index (κ2) is 5.82. The zero-order valence-electron chi connectivity index (χ0n) is 11.7. The van der Waals surface area contributed by atoms with Gasteiger partial charge in [-0.15, -0.1) is 0 Å². The molecule has 3 rings (SSSR count). The lowest BCUT2D eigenvalue weighted by molar-refractivity contribution is -0.0328. The number of rotatable bonds is 3. The van der Waals surface area contributed by atoms with E-state index in [0.717, 1.165) is 38.3 Å². The molecule has 1 atom stereocenters. The Morgan fingerprint density at radius 3 is 2.57 bits per heavy atom. The number of alkyl halides is 3. The highest BCUT2D eigenvalue weighted by Crippen LogP contribution is 2.38. The van der Waals surface area contributed by atoms with Gasteiger partial charge in [-0.25, -0.2) is 0 Å². The highest BCUT2D eigenvalue weighted by atomic mass is 32.2. The van der Waals surface area contributed by atoms with Crippen LogP contribution in [0.3, 0.4) is 0 Å². The minimum atomic E-state index is -4.21. The quantitative estimate of drug-likeness (QED) is 0.860. The standard InChI is InChI=1S/C15H19F3N2S/c16-15(17,18)21-13-3-1-12(2-4-13)9-20-8-6-14(11-20)5-7-19-10-14/h1-4,19H,5-11H2. The molecule has 0 aromatic heterocycles. The van der Waals surface area contributed by atoms with Gasteiger partial charge in [0.2, 0.25) is 0 Å². The Hall–Kier alpha value is -0.720. The van der Waals surface area contributed by atoms with Gasteiger partial charge in [0.1, 0.15) is 0 Å². The molecule has 0 amide bonds. The van der Waals surface area contributed by atoms with Gasteiger partial charge in [0.15, 0.2) is 0 Å². The summed E-state index contributed by atoms with van der Waals surface area (Å²) in [6.45, 7) is 5.22. The maximum atomic E-state index is 12.3. The number of benzene rings is 1. The van der Waals surface area contributed by atoms with E-state index >= 15 is 0 Å². The van der Waals surface area contributed by atoms with Crippen LogP contribution in [-0.4, -0.2) is 36.6 Å². The smallest absolute Gasteiger partial charge is 0.316 e. The van der Waals surface area contributed by atoms with Crippen molar-refractivity contribution in [3.8, 4) is 0 Å². The van der Waals surface area contributed by atoms with E-state index in [1.54, 1.807) is 12.1 Å². The lowest BCUT2D eigenvalue weighted by Crippen LogP contribution is -2.28. The highest BCUT2D eigenvalue weighted by Gasteiger charge is 2.40. The number of thioether (sulfide) groups is 1. The molecule has 1 aromatic carbocycles. The second-order valence-electron chi connectivity index (χ2n) is 6.08. The second-order valence-corrected chi connectivity index (χ2v) is 7.22. The van der Waals surface area contributed by atoms with Crippen molar-refractivity contribution < 1.29 is 13.2 Å². The molecule has 1 unspecified atom stereocenters. The monoisotopic (exact) mass is 316 g/mol. The molecule has 0 saturated carbocycles. The number of nitrogens with zero attached hydrogens (tertiary/aromatic N) is 1. The first-order chi connectivity index (χ1) is 9.94. The molecule has 2 heterocycles. The van der Waals surface area contributed by atoms with E-state index in [1.165, 1.54) is 12.8 Å². The van der Waals surface area contributed by atoms with Crippen molar-refractivity contribution in [2.45, 2.75) is 29.8 Å². The van der Waals surface area contributed by atoms with Gasteiger partial charge in [0.25, 0.3) is 0 Å². The van der Waals surface area contributed by atoms with E-state index in [1.807, 2.05) is 12.1 Å². The van der Waals surface area contributed by atoms with Crippen LogP contribution in [0.4, 0.5) is 13.2 Å². The summed E-state index contributed by atoms with van der Waals surface area (Å²) in [5, 5.41) is 3.43. The summed E-state index contributed by atoms with van der Waals surface area (Å²) in [6.07, 6.45) is 2.46. The summed E-state index contributed by atoms with van der Waals surface area (Å²) in [4.78, 5) is 2.67. The van der Waals surface area contributed by atoms with E-state index in [4.69, 9.17) is 0 Å². The molecule has 0 bridgehead atoms. The molecule has 6 heteroatoms. The van der Waals surface area contributed by atoms with Gasteiger partial charge in [-0.2, -0.15) is 13.2 Å². The summed E-state index contributed by atoms with van der Waals surface area (Å²) in [6, 6.07) is 6.75. The highest BCUT2D eigenvalue weighted by molar-refractivity contribution is 8.00. The molecule has 2 fully saturated rings. The van der Waals surface area contributed by atoms with Crippen molar-refractivity contribution in [2.75, 3.05) is 26.2 Å². The van der Waals surface area contributed by atoms with Gasteiger partial charge < -0.3 is 5.32 Å². The zero-order chi connectivity index (χ0) is 14.9. The fourth-order valence-electron chi connectivity index (χ4n) is 3.36. The Bertz CT molecular complexity index is 481. The van der Waals surface area contributed by atoms with E-state index in [-0.39, 0.29) is 16.7 Å². The van der Waals surface area contributed by atoms with Gasteiger partial charge in [-0.05, 0) is 60.8 Å². The average Bonchev–Trinajstić information content (AvgIpc) is 3.01. The van der Waals surface area contributed by atoms with E-state index < -0.39 is 5.51 Å². The lowest BCUT2D eigenvalue weighted by Gasteiger charge is -2.22. The van der Waals surface area contributed by atoms with Crippen molar-refractivity contribution in [1.29, 1.82) is 0 Å². The zero-order valence-corrected chi connectivity index (χ0v) is 12.6. The van der Waals surface area contributed by atoms with Crippen LogP contribution in [0.15, 0.2) is 29.2 Å². The minimum absolute atomic E-state index is 0.0544. The minimum Gasteiger partial charge on any atom is -0.316 e. The van der Waals surface area contributed by atoms with Crippen LogP contribution >= 0.6 is 11.8 Å². The van der Waals surface area contributed by atoms with Gasteiger partial charge in [0.05, 0.1) is 0 Å². The largest absolute Gasteiger partial charge is 0.446 e. The molecule has 2 aliphatic rings. The molecular weight excluding hydrogens is 297 g/mol. The molecule has 2 nitrogen and oxygen atoms in total. The van der Waals surface area contributed by atoms with Crippen LogP contribution in [0.25, 0.3) is 0 Å². The first-order valence-electron chi connectivity index (χ1n) is 7.22. The van der Waals surface area contributed by atoms with Crippen LogP contribution in [0, 0.1) is 5.41 Å². The molecule has 116 valence electrons. The Labute approximate surface area is 127 Å².